The van der Waals surface area contributed by atoms with E-state index in [9.17, 15) is 27.4 Å². The zero-order valence-corrected chi connectivity index (χ0v) is 12.0. The lowest BCUT2D eigenvalue weighted by atomic mass is 9.74. The van der Waals surface area contributed by atoms with Gasteiger partial charge in [-0.15, -0.1) is 0 Å². The quantitative estimate of drug-likeness (QED) is 0.508. The van der Waals surface area contributed by atoms with Gasteiger partial charge in [-0.05, 0) is 49.4 Å². The van der Waals surface area contributed by atoms with E-state index in [4.69, 9.17) is 9.29 Å². The van der Waals surface area contributed by atoms with Gasteiger partial charge in [0.15, 0.2) is 0 Å². The predicted octanol–water partition coefficient (Wildman–Crippen LogP) is 0.743. The van der Waals surface area contributed by atoms with Gasteiger partial charge in [0.25, 0.3) is 0 Å². The van der Waals surface area contributed by atoms with Crippen LogP contribution in [-0.4, -0.2) is 46.9 Å². The number of rotatable bonds is 5. The summed E-state index contributed by atoms with van der Waals surface area (Å²) in [6.45, 7) is -0.247. The highest BCUT2D eigenvalue weighted by molar-refractivity contribution is 7.86. The largest absolute Gasteiger partial charge is 0.418 e. The molecule has 9 heteroatoms. The van der Waals surface area contributed by atoms with Gasteiger partial charge in [-0.3, -0.25) is 4.55 Å². The van der Waals surface area contributed by atoms with Crippen molar-refractivity contribution in [3.05, 3.63) is 0 Å². The zero-order valence-electron chi connectivity index (χ0n) is 11.2. The molecule has 4 aliphatic carbocycles. The smallest absolute Gasteiger partial charge is 0.390 e. The van der Waals surface area contributed by atoms with E-state index in [1.54, 1.807) is 0 Å². The summed E-state index contributed by atoms with van der Waals surface area (Å²) in [6.07, 6.45) is 0.424. The minimum Gasteiger partial charge on any atom is -0.390 e. The molecule has 5 atom stereocenters. The van der Waals surface area contributed by atoms with Gasteiger partial charge < -0.3 is 14.9 Å². The topological polar surface area (TPSA) is 104 Å². The molecular weight excluding hydrogens is 310 g/mol. The Kier molecular flexibility index (Phi) is 3.22. The number of hydrogen-bond donors (Lipinski definition) is 3. The first-order valence-corrected chi connectivity index (χ1v) is 8.28. The Morgan fingerprint density at radius 2 is 2.00 bits per heavy atom. The SMILES string of the molecule is O=S(=O)(O)C(F)(F)C(O)OCC12CC3CC1CC(O)(C3)C2. The lowest BCUT2D eigenvalue weighted by Gasteiger charge is -2.37. The Bertz CT molecular complexity index is 552. The van der Waals surface area contributed by atoms with E-state index >= 15 is 0 Å². The first-order chi connectivity index (χ1) is 9.48. The molecule has 122 valence electrons. The molecule has 0 heterocycles. The van der Waals surface area contributed by atoms with E-state index in [1.165, 1.54) is 0 Å². The van der Waals surface area contributed by atoms with Crippen molar-refractivity contribution >= 4 is 10.1 Å². The third-order valence-corrected chi connectivity index (χ3v) is 6.20. The molecule has 4 aliphatic rings. The molecule has 0 aromatic carbocycles. The lowest BCUT2D eigenvalue weighted by molar-refractivity contribution is -0.214. The van der Waals surface area contributed by atoms with Crippen LogP contribution in [0.1, 0.15) is 32.1 Å². The fraction of sp³-hybridized carbons (Fsp3) is 1.00. The third kappa shape index (κ3) is 2.29. The average molecular weight is 328 g/mol. The second kappa shape index (κ2) is 4.35. The summed E-state index contributed by atoms with van der Waals surface area (Å²) >= 11 is 0. The van der Waals surface area contributed by atoms with Gasteiger partial charge in [0, 0.05) is 0 Å². The third-order valence-electron chi connectivity index (χ3n) is 5.32. The van der Waals surface area contributed by atoms with Crippen LogP contribution in [0.25, 0.3) is 0 Å². The van der Waals surface area contributed by atoms with Crippen molar-refractivity contribution in [1.82, 2.24) is 0 Å². The minimum absolute atomic E-state index is 0.146. The molecule has 4 bridgehead atoms. The Hall–Kier alpha value is -0.350. The molecule has 0 aliphatic heterocycles. The number of halogens is 2. The average Bonchev–Trinajstić information content (AvgIpc) is 2.66. The van der Waals surface area contributed by atoms with Crippen LogP contribution in [0.3, 0.4) is 0 Å². The first kappa shape index (κ1) is 15.5. The van der Waals surface area contributed by atoms with Gasteiger partial charge in [-0.25, -0.2) is 0 Å². The molecule has 4 saturated carbocycles. The second-order valence-electron chi connectivity index (χ2n) is 6.87. The van der Waals surface area contributed by atoms with Crippen LogP contribution >= 0.6 is 0 Å². The number of aliphatic hydroxyl groups excluding tert-OH is 1. The maximum absolute atomic E-state index is 13.2. The highest BCUT2D eigenvalue weighted by atomic mass is 32.2. The van der Waals surface area contributed by atoms with Crippen LogP contribution in [0.15, 0.2) is 0 Å². The Labute approximate surface area is 120 Å². The predicted molar refractivity (Wildman–Crippen MR) is 65.9 cm³/mol. The second-order valence-corrected chi connectivity index (χ2v) is 8.37. The fourth-order valence-corrected chi connectivity index (χ4v) is 5.05. The highest BCUT2D eigenvalue weighted by Gasteiger charge is 2.64. The van der Waals surface area contributed by atoms with Crippen LogP contribution < -0.4 is 0 Å². The summed E-state index contributed by atoms with van der Waals surface area (Å²) < 4.78 is 60.7. The molecular formula is C12H18F2O6S. The molecule has 0 spiro atoms. The van der Waals surface area contributed by atoms with Gasteiger partial charge in [-0.1, -0.05) is 0 Å². The van der Waals surface area contributed by atoms with Crippen molar-refractivity contribution in [3.63, 3.8) is 0 Å². The molecule has 0 radical (unpaired) electrons. The highest BCUT2D eigenvalue weighted by Crippen LogP contribution is 2.67. The van der Waals surface area contributed by atoms with Gasteiger partial charge >= 0.3 is 15.4 Å². The summed E-state index contributed by atoms with van der Waals surface area (Å²) in [5.74, 6) is 0.470. The van der Waals surface area contributed by atoms with Crippen LogP contribution in [-0.2, 0) is 14.9 Å². The molecule has 0 saturated heterocycles. The maximum Gasteiger partial charge on any atom is 0.418 e. The summed E-state index contributed by atoms with van der Waals surface area (Å²) in [7, 11) is -5.74. The van der Waals surface area contributed by atoms with Gasteiger partial charge in [0.1, 0.15) is 0 Å². The van der Waals surface area contributed by atoms with Crippen molar-refractivity contribution in [1.29, 1.82) is 0 Å². The van der Waals surface area contributed by atoms with E-state index < -0.39 is 32.7 Å². The van der Waals surface area contributed by atoms with Crippen molar-refractivity contribution in [2.24, 2.45) is 17.3 Å². The molecule has 0 aromatic heterocycles. The van der Waals surface area contributed by atoms with E-state index in [0.717, 1.165) is 12.8 Å². The molecule has 4 rings (SSSR count). The summed E-state index contributed by atoms with van der Waals surface area (Å²) in [4.78, 5) is 0. The van der Waals surface area contributed by atoms with Gasteiger partial charge in [0.05, 0.1) is 12.2 Å². The molecule has 5 unspecified atom stereocenters. The van der Waals surface area contributed by atoms with E-state index in [0.29, 0.717) is 25.2 Å². The van der Waals surface area contributed by atoms with Gasteiger partial charge in [0.2, 0.25) is 6.29 Å². The van der Waals surface area contributed by atoms with Crippen molar-refractivity contribution in [3.8, 4) is 0 Å². The van der Waals surface area contributed by atoms with E-state index in [2.05, 4.69) is 0 Å². The van der Waals surface area contributed by atoms with E-state index in [1.807, 2.05) is 0 Å². The molecule has 0 aromatic rings. The van der Waals surface area contributed by atoms with E-state index in [-0.39, 0.29) is 12.5 Å². The standard InChI is InChI=1S/C12H18F2O6S/c13-12(14,21(17,18)19)9(15)20-6-10-2-7-1-8(10)4-11(16,3-7)5-10/h7-9,15-16H,1-6H2,(H,17,18,19). The Balaban J connectivity index is 1.69. The van der Waals surface area contributed by atoms with Crippen molar-refractivity contribution in [2.75, 3.05) is 6.61 Å². The number of alkyl halides is 2. The van der Waals surface area contributed by atoms with Gasteiger partial charge in [-0.2, -0.15) is 17.2 Å². The van der Waals surface area contributed by atoms with Crippen LogP contribution in [0, 0.1) is 17.3 Å². The normalized spacial score (nSPS) is 43.5. The van der Waals surface area contributed by atoms with Crippen LogP contribution in [0.4, 0.5) is 8.78 Å². The molecule has 21 heavy (non-hydrogen) atoms. The Morgan fingerprint density at radius 3 is 2.57 bits per heavy atom. The van der Waals surface area contributed by atoms with Crippen LogP contribution in [0.5, 0.6) is 0 Å². The molecule has 6 nitrogen and oxygen atoms in total. The maximum atomic E-state index is 13.2. The van der Waals surface area contributed by atoms with Crippen molar-refractivity contribution in [2.45, 2.75) is 49.2 Å². The fourth-order valence-electron chi connectivity index (χ4n) is 4.73. The summed E-state index contributed by atoms with van der Waals surface area (Å²) in [6, 6.07) is 0. The minimum atomic E-state index is -5.74. The van der Waals surface area contributed by atoms with Crippen molar-refractivity contribution < 1.29 is 36.7 Å². The van der Waals surface area contributed by atoms with Crippen LogP contribution in [0.2, 0.25) is 0 Å². The molecule has 3 N–H and O–H groups in total. The number of hydrogen-bond acceptors (Lipinski definition) is 5. The molecule has 4 fully saturated rings. The summed E-state index contributed by atoms with van der Waals surface area (Å²) in [5.41, 5.74) is -1.26. The number of aliphatic hydroxyl groups is 2. The molecule has 0 amide bonds. The number of ether oxygens (including phenoxy) is 1. The first-order valence-electron chi connectivity index (χ1n) is 6.84. The monoisotopic (exact) mass is 328 g/mol. The zero-order chi connectivity index (χ0) is 15.7. The lowest BCUT2D eigenvalue weighted by Crippen LogP contribution is -2.45. The summed E-state index contributed by atoms with van der Waals surface area (Å²) in [5, 5.41) is 14.8. The Morgan fingerprint density at radius 1 is 1.33 bits per heavy atom.